The summed E-state index contributed by atoms with van der Waals surface area (Å²) >= 11 is 0. The molecule has 1 N–H and O–H groups in total. The Hall–Kier alpha value is -1.67. The van der Waals surface area contributed by atoms with Crippen LogP contribution in [0.4, 0.5) is 14.5 Å². The summed E-state index contributed by atoms with van der Waals surface area (Å²) in [6.07, 6.45) is 2.99. The highest BCUT2D eigenvalue weighted by atomic mass is 19.1. The van der Waals surface area contributed by atoms with Crippen molar-refractivity contribution >= 4 is 5.69 Å². The molecule has 1 fully saturated rings. The zero-order chi connectivity index (χ0) is 14.5. The number of nitriles is 1. The fraction of sp³-hybridized carbons (Fsp3) is 0.533. The minimum absolute atomic E-state index is 0.0102. The Kier molecular flexibility index (Phi) is 4.91. The first kappa shape index (κ1) is 14.7. The van der Waals surface area contributed by atoms with Crippen LogP contribution in [0.1, 0.15) is 24.8 Å². The first-order valence-electron chi connectivity index (χ1n) is 6.94. The van der Waals surface area contributed by atoms with Crippen molar-refractivity contribution in [3.8, 4) is 6.07 Å². The summed E-state index contributed by atoms with van der Waals surface area (Å²) in [5.74, 6) is -0.673. The largest absolute Gasteiger partial charge is 0.367 e. The monoisotopic (exact) mass is 279 g/mol. The zero-order valence-corrected chi connectivity index (χ0v) is 11.6. The van der Waals surface area contributed by atoms with Gasteiger partial charge in [-0.15, -0.1) is 0 Å². The van der Waals surface area contributed by atoms with Crippen LogP contribution >= 0.6 is 0 Å². The van der Waals surface area contributed by atoms with Crippen molar-refractivity contribution in [2.45, 2.75) is 19.3 Å². The lowest BCUT2D eigenvalue weighted by atomic mass is 9.93. The molecule has 1 aromatic carbocycles. The number of rotatable bonds is 4. The lowest BCUT2D eigenvalue weighted by molar-refractivity contribution is 0.374. The fourth-order valence-corrected chi connectivity index (χ4v) is 2.73. The molecule has 20 heavy (non-hydrogen) atoms. The fourth-order valence-electron chi connectivity index (χ4n) is 2.73. The van der Waals surface area contributed by atoms with Crippen LogP contribution in [0.3, 0.4) is 0 Å². The van der Waals surface area contributed by atoms with Crippen LogP contribution in [0, 0.1) is 28.9 Å². The standard InChI is InChI=1S/C15H19F2N3/c1-19-5-2-11-3-6-20(7-4-11)15-13(16)8-12(10-18)9-14(15)17/h8-9,11,19H,2-7H2,1H3. The lowest BCUT2D eigenvalue weighted by Crippen LogP contribution is -2.35. The Morgan fingerprint density at radius 2 is 1.90 bits per heavy atom. The molecule has 0 bridgehead atoms. The van der Waals surface area contributed by atoms with Crippen LogP contribution in [0.2, 0.25) is 0 Å². The van der Waals surface area contributed by atoms with Crippen LogP contribution < -0.4 is 10.2 Å². The minimum Gasteiger partial charge on any atom is -0.367 e. The Morgan fingerprint density at radius 3 is 2.40 bits per heavy atom. The summed E-state index contributed by atoms with van der Waals surface area (Å²) in [6.45, 7) is 2.30. The first-order valence-corrected chi connectivity index (χ1v) is 6.94. The number of benzene rings is 1. The Balaban J connectivity index is 2.06. The molecular formula is C15H19F2N3. The molecule has 0 radical (unpaired) electrons. The number of halogens is 2. The second-order valence-electron chi connectivity index (χ2n) is 5.22. The van der Waals surface area contributed by atoms with E-state index in [0.29, 0.717) is 19.0 Å². The van der Waals surface area contributed by atoms with E-state index in [4.69, 9.17) is 5.26 Å². The Bertz CT molecular complexity index is 479. The van der Waals surface area contributed by atoms with E-state index < -0.39 is 11.6 Å². The molecule has 1 aliphatic rings. The topological polar surface area (TPSA) is 39.1 Å². The van der Waals surface area contributed by atoms with Crippen molar-refractivity contribution in [2.75, 3.05) is 31.6 Å². The molecule has 108 valence electrons. The number of hydrogen-bond acceptors (Lipinski definition) is 3. The van der Waals surface area contributed by atoms with Crippen molar-refractivity contribution in [1.82, 2.24) is 5.32 Å². The summed E-state index contributed by atoms with van der Waals surface area (Å²) in [5.41, 5.74) is 0.0312. The van der Waals surface area contributed by atoms with E-state index in [0.717, 1.165) is 37.9 Å². The molecule has 1 aromatic rings. The van der Waals surface area contributed by atoms with Crippen molar-refractivity contribution < 1.29 is 8.78 Å². The van der Waals surface area contributed by atoms with Crippen molar-refractivity contribution in [1.29, 1.82) is 5.26 Å². The highest BCUT2D eigenvalue weighted by Crippen LogP contribution is 2.29. The summed E-state index contributed by atoms with van der Waals surface area (Å²) in [5, 5.41) is 11.8. The molecular weight excluding hydrogens is 260 g/mol. The van der Waals surface area contributed by atoms with Crippen LogP contribution in [-0.2, 0) is 0 Å². The molecule has 5 heteroatoms. The molecule has 0 spiro atoms. The van der Waals surface area contributed by atoms with E-state index in [-0.39, 0.29) is 11.3 Å². The van der Waals surface area contributed by atoms with Gasteiger partial charge in [0.1, 0.15) is 5.69 Å². The SMILES string of the molecule is CNCCC1CCN(c2c(F)cc(C#N)cc2F)CC1. The van der Waals surface area contributed by atoms with Gasteiger partial charge >= 0.3 is 0 Å². The normalized spacial score (nSPS) is 16.2. The first-order chi connectivity index (χ1) is 9.65. The number of piperidine rings is 1. The molecule has 0 atom stereocenters. The van der Waals surface area contributed by atoms with E-state index in [9.17, 15) is 8.78 Å². The van der Waals surface area contributed by atoms with Crippen LogP contribution in [0.5, 0.6) is 0 Å². The maximum Gasteiger partial charge on any atom is 0.150 e. The van der Waals surface area contributed by atoms with Gasteiger partial charge in [0, 0.05) is 13.1 Å². The molecule has 1 aliphatic heterocycles. The van der Waals surface area contributed by atoms with Gasteiger partial charge in [-0.2, -0.15) is 5.26 Å². The maximum atomic E-state index is 13.9. The average Bonchev–Trinajstić information content (AvgIpc) is 2.45. The van der Waals surface area contributed by atoms with Gasteiger partial charge in [-0.3, -0.25) is 0 Å². The van der Waals surface area contributed by atoms with Gasteiger partial charge in [0.2, 0.25) is 0 Å². The van der Waals surface area contributed by atoms with E-state index >= 15 is 0 Å². The third kappa shape index (κ3) is 3.26. The predicted octanol–water partition coefficient (Wildman–Crippen LogP) is 2.66. The second-order valence-corrected chi connectivity index (χ2v) is 5.22. The summed E-state index contributed by atoms with van der Waals surface area (Å²) < 4.78 is 27.9. The molecule has 1 heterocycles. The number of anilines is 1. The van der Waals surface area contributed by atoms with Crippen molar-refractivity contribution in [2.24, 2.45) is 5.92 Å². The van der Waals surface area contributed by atoms with Crippen molar-refractivity contribution in [3.05, 3.63) is 29.3 Å². The average molecular weight is 279 g/mol. The van der Waals surface area contributed by atoms with Gasteiger partial charge in [0.15, 0.2) is 11.6 Å². The minimum atomic E-state index is -0.643. The second kappa shape index (κ2) is 6.67. The van der Waals surface area contributed by atoms with Gasteiger partial charge in [0.25, 0.3) is 0 Å². The van der Waals surface area contributed by atoms with Gasteiger partial charge in [-0.25, -0.2) is 8.78 Å². The molecule has 0 amide bonds. The van der Waals surface area contributed by atoms with E-state index in [2.05, 4.69) is 5.32 Å². The van der Waals surface area contributed by atoms with E-state index in [1.165, 1.54) is 0 Å². The van der Waals surface area contributed by atoms with Gasteiger partial charge in [0.05, 0.1) is 11.6 Å². The zero-order valence-electron chi connectivity index (χ0n) is 11.6. The number of nitrogens with zero attached hydrogens (tertiary/aromatic N) is 2. The Labute approximate surface area is 118 Å². The predicted molar refractivity (Wildman–Crippen MR) is 74.6 cm³/mol. The van der Waals surface area contributed by atoms with Crippen LogP contribution in [0.25, 0.3) is 0 Å². The van der Waals surface area contributed by atoms with Crippen molar-refractivity contribution in [3.63, 3.8) is 0 Å². The summed E-state index contributed by atoms with van der Waals surface area (Å²) in [4.78, 5) is 1.75. The Morgan fingerprint density at radius 1 is 1.30 bits per heavy atom. The highest BCUT2D eigenvalue weighted by Gasteiger charge is 2.24. The molecule has 3 nitrogen and oxygen atoms in total. The highest BCUT2D eigenvalue weighted by molar-refractivity contribution is 5.52. The molecule has 0 aliphatic carbocycles. The smallest absolute Gasteiger partial charge is 0.150 e. The van der Waals surface area contributed by atoms with E-state index in [1.54, 1.807) is 11.0 Å². The lowest BCUT2D eigenvalue weighted by Gasteiger charge is -2.34. The van der Waals surface area contributed by atoms with Crippen LogP contribution in [-0.4, -0.2) is 26.7 Å². The maximum absolute atomic E-state index is 13.9. The van der Waals surface area contributed by atoms with E-state index in [1.807, 2.05) is 7.05 Å². The third-order valence-electron chi connectivity index (χ3n) is 3.88. The summed E-state index contributed by atoms with van der Waals surface area (Å²) in [7, 11) is 1.93. The van der Waals surface area contributed by atoms with Gasteiger partial charge < -0.3 is 10.2 Å². The van der Waals surface area contributed by atoms with Gasteiger partial charge in [-0.05, 0) is 50.9 Å². The quantitative estimate of drug-likeness (QED) is 0.921. The molecule has 1 saturated heterocycles. The molecule has 0 saturated carbocycles. The van der Waals surface area contributed by atoms with Gasteiger partial charge in [-0.1, -0.05) is 0 Å². The number of hydrogen-bond donors (Lipinski definition) is 1. The number of nitrogens with one attached hydrogen (secondary N) is 1. The third-order valence-corrected chi connectivity index (χ3v) is 3.88. The summed E-state index contributed by atoms with van der Waals surface area (Å²) in [6, 6.07) is 3.97. The van der Waals surface area contributed by atoms with Crippen LogP contribution in [0.15, 0.2) is 12.1 Å². The molecule has 0 unspecified atom stereocenters. The molecule has 2 rings (SSSR count). The molecule has 0 aromatic heterocycles.